The van der Waals surface area contributed by atoms with Gasteiger partial charge in [-0.2, -0.15) is 0 Å². The normalized spacial score (nSPS) is 12.1. The number of hydrogen-bond donors (Lipinski definition) is 2. The first-order chi connectivity index (χ1) is 20.7. The number of terminal acetylenes is 2. The van der Waals surface area contributed by atoms with E-state index in [0.29, 0.717) is 30.8 Å². The number of ether oxygens (including phenoxy) is 1. The molecule has 224 valence electrons. The van der Waals surface area contributed by atoms with E-state index in [0.717, 1.165) is 30.0 Å². The maximum atomic E-state index is 13.9. The van der Waals surface area contributed by atoms with Crippen molar-refractivity contribution in [3.63, 3.8) is 0 Å². The third-order valence-corrected chi connectivity index (χ3v) is 6.75. The second-order valence-electron chi connectivity index (χ2n) is 10.3. The van der Waals surface area contributed by atoms with Crippen LogP contribution in [0.5, 0.6) is 0 Å². The number of carbonyl (C=O) groups is 2. The number of halogens is 2. The molecule has 0 saturated heterocycles. The van der Waals surface area contributed by atoms with E-state index in [-0.39, 0.29) is 30.0 Å². The van der Waals surface area contributed by atoms with Gasteiger partial charge in [0.2, 0.25) is 0 Å². The lowest BCUT2D eigenvalue weighted by molar-refractivity contribution is 0.0238. The summed E-state index contributed by atoms with van der Waals surface area (Å²) in [4.78, 5) is 28.5. The average Bonchev–Trinajstić information content (AvgIpc) is 2.99. The fraction of sp³-hybridized carbons (Fsp3) is 0.314. The quantitative estimate of drug-likeness (QED) is 0.204. The van der Waals surface area contributed by atoms with E-state index < -0.39 is 29.7 Å². The molecule has 3 aromatic carbocycles. The van der Waals surface area contributed by atoms with Crippen molar-refractivity contribution in [2.75, 3.05) is 19.6 Å². The van der Waals surface area contributed by atoms with Gasteiger partial charge < -0.3 is 20.7 Å². The summed E-state index contributed by atoms with van der Waals surface area (Å²) in [7, 11) is 0. The summed E-state index contributed by atoms with van der Waals surface area (Å²) in [6.07, 6.45) is 11.9. The van der Waals surface area contributed by atoms with Crippen LogP contribution < -0.4 is 11.1 Å². The van der Waals surface area contributed by atoms with Crippen LogP contribution in [-0.4, -0.2) is 48.6 Å². The zero-order valence-corrected chi connectivity index (χ0v) is 24.5. The Hall–Kier alpha value is -4.50. The van der Waals surface area contributed by atoms with Crippen LogP contribution in [0.3, 0.4) is 0 Å². The van der Waals surface area contributed by atoms with Gasteiger partial charge in [-0.05, 0) is 72.9 Å². The highest BCUT2D eigenvalue weighted by Crippen LogP contribution is 2.17. The lowest BCUT2D eigenvalue weighted by Gasteiger charge is -2.25. The van der Waals surface area contributed by atoms with Crippen molar-refractivity contribution in [3.8, 4) is 24.7 Å². The third kappa shape index (κ3) is 9.78. The zero-order valence-electron chi connectivity index (χ0n) is 24.5. The summed E-state index contributed by atoms with van der Waals surface area (Å²) in [6.45, 7) is 5.64. The molecule has 0 aliphatic rings. The van der Waals surface area contributed by atoms with Gasteiger partial charge in [0.05, 0.1) is 5.56 Å². The number of nitrogens with one attached hydrogen (secondary N) is 1. The molecule has 0 unspecified atom stereocenters. The number of carbonyl (C=O) groups excluding carboxylic acids is 2. The molecule has 0 radical (unpaired) electrons. The summed E-state index contributed by atoms with van der Waals surface area (Å²) < 4.78 is 33.6. The standard InChI is InChI=1S/C35H37F2N3O3/c1-5-12-40(13-6-2)34(41)28-15-25(8-4)16-29(20-28)35(42)43-33(23-39-22-26-11-9-10-24(7-3)14-26)32(38)19-27-17-30(36)21-31(37)18-27/h3-4,9-11,14-18,20-21,32-33,39H,5-6,12-13,19,22-23,38H2,1-2H3/t32-,33+/m0/s1. The first-order valence-electron chi connectivity index (χ1n) is 14.3. The van der Waals surface area contributed by atoms with Crippen LogP contribution in [0.4, 0.5) is 8.78 Å². The Morgan fingerprint density at radius 2 is 1.56 bits per heavy atom. The Bertz CT molecular complexity index is 1480. The van der Waals surface area contributed by atoms with Crippen LogP contribution in [-0.2, 0) is 17.7 Å². The predicted molar refractivity (Wildman–Crippen MR) is 164 cm³/mol. The summed E-state index contributed by atoms with van der Waals surface area (Å²) in [5.74, 6) is 2.67. The van der Waals surface area contributed by atoms with Gasteiger partial charge in [-0.3, -0.25) is 4.79 Å². The van der Waals surface area contributed by atoms with Crippen molar-refractivity contribution in [2.24, 2.45) is 5.73 Å². The third-order valence-electron chi connectivity index (χ3n) is 6.75. The number of benzene rings is 3. The van der Waals surface area contributed by atoms with Gasteiger partial charge in [0.15, 0.2) is 0 Å². The highest BCUT2D eigenvalue weighted by molar-refractivity contribution is 5.98. The Labute approximate surface area is 252 Å². The molecule has 0 bridgehead atoms. The second kappa shape index (κ2) is 16.2. The van der Waals surface area contributed by atoms with Crippen molar-refractivity contribution in [2.45, 2.75) is 51.8 Å². The SMILES string of the molecule is C#Cc1cccc(CNC[C@@H](OC(=O)c2cc(C#C)cc(C(=O)N(CCC)CCC)c2)[C@@H](N)Cc2cc(F)cc(F)c2)c1. The first kappa shape index (κ1) is 33.0. The van der Waals surface area contributed by atoms with Crippen molar-refractivity contribution in [1.82, 2.24) is 10.2 Å². The fourth-order valence-corrected chi connectivity index (χ4v) is 4.74. The van der Waals surface area contributed by atoms with E-state index in [4.69, 9.17) is 23.3 Å². The minimum Gasteiger partial charge on any atom is -0.456 e. The summed E-state index contributed by atoms with van der Waals surface area (Å²) in [6, 6.07) is 14.3. The molecule has 0 fully saturated rings. The van der Waals surface area contributed by atoms with Crippen LogP contribution >= 0.6 is 0 Å². The maximum absolute atomic E-state index is 13.9. The van der Waals surface area contributed by atoms with Gasteiger partial charge in [0.1, 0.15) is 17.7 Å². The van der Waals surface area contributed by atoms with Crippen molar-refractivity contribution in [3.05, 3.63) is 106 Å². The summed E-state index contributed by atoms with van der Waals surface area (Å²) >= 11 is 0. The molecule has 0 saturated carbocycles. The highest BCUT2D eigenvalue weighted by Gasteiger charge is 2.25. The topological polar surface area (TPSA) is 84.7 Å². The maximum Gasteiger partial charge on any atom is 0.338 e. The molecular weight excluding hydrogens is 548 g/mol. The highest BCUT2D eigenvalue weighted by atomic mass is 19.1. The van der Waals surface area contributed by atoms with Crippen molar-refractivity contribution >= 4 is 11.9 Å². The Kier molecular flexibility index (Phi) is 12.5. The number of hydrogen-bond acceptors (Lipinski definition) is 5. The van der Waals surface area contributed by atoms with Gasteiger partial charge >= 0.3 is 5.97 Å². The van der Waals surface area contributed by atoms with Gasteiger partial charge in [-0.25, -0.2) is 13.6 Å². The molecule has 43 heavy (non-hydrogen) atoms. The molecular formula is C35H37F2N3O3. The van der Waals surface area contributed by atoms with E-state index in [1.807, 2.05) is 38.1 Å². The Morgan fingerprint density at radius 1 is 0.907 bits per heavy atom. The van der Waals surface area contributed by atoms with E-state index >= 15 is 0 Å². The van der Waals surface area contributed by atoms with E-state index in [1.54, 1.807) is 11.0 Å². The average molecular weight is 586 g/mol. The van der Waals surface area contributed by atoms with Gasteiger partial charge in [0.25, 0.3) is 5.91 Å². The van der Waals surface area contributed by atoms with Crippen LogP contribution in [0.1, 0.15) is 69.7 Å². The van der Waals surface area contributed by atoms with Crippen LogP contribution in [0.25, 0.3) is 0 Å². The molecule has 6 nitrogen and oxygen atoms in total. The summed E-state index contributed by atoms with van der Waals surface area (Å²) in [5, 5.41) is 3.23. The zero-order chi connectivity index (χ0) is 31.4. The molecule has 0 aliphatic carbocycles. The van der Waals surface area contributed by atoms with E-state index in [9.17, 15) is 18.4 Å². The summed E-state index contributed by atoms with van der Waals surface area (Å²) in [5.41, 5.74) is 9.16. The molecule has 3 N–H and O–H groups in total. The van der Waals surface area contributed by atoms with Crippen LogP contribution in [0.2, 0.25) is 0 Å². The second-order valence-corrected chi connectivity index (χ2v) is 10.3. The fourth-order valence-electron chi connectivity index (χ4n) is 4.74. The monoisotopic (exact) mass is 585 g/mol. The minimum absolute atomic E-state index is 0.0397. The van der Waals surface area contributed by atoms with Crippen LogP contribution in [0, 0.1) is 36.3 Å². The van der Waals surface area contributed by atoms with Crippen LogP contribution in [0.15, 0.2) is 60.7 Å². The number of rotatable bonds is 14. The molecule has 0 aliphatic heterocycles. The molecule has 1 amide bonds. The first-order valence-corrected chi connectivity index (χ1v) is 14.3. The molecule has 2 atom stereocenters. The van der Waals surface area contributed by atoms with Gasteiger partial charge in [-0.15, -0.1) is 12.8 Å². The molecule has 3 aromatic rings. The molecule has 0 spiro atoms. The van der Waals surface area contributed by atoms with Crippen molar-refractivity contribution in [1.29, 1.82) is 0 Å². The lowest BCUT2D eigenvalue weighted by Crippen LogP contribution is -2.46. The molecule has 8 heteroatoms. The smallest absolute Gasteiger partial charge is 0.338 e. The van der Waals surface area contributed by atoms with E-state index in [2.05, 4.69) is 17.2 Å². The minimum atomic E-state index is -0.903. The number of amides is 1. The number of esters is 1. The predicted octanol–water partition coefficient (Wildman–Crippen LogP) is 5.07. The molecule has 0 aromatic heterocycles. The number of nitrogens with zero attached hydrogens (tertiary/aromatic N) is 1. The lowest BCUT2D eigenvalue weighted by atomic mass is 10.0. The van der Waals surface area contributed by atoms with Gasteiger partial charge in [-0.1, -0.05) is 37.8 Å². The van der Waals surface area contributed by atoms with Gasteiger partial charge in [0, 0.05) is 55.0 Å². The largest absolute Gasteiger partial charge is 0.456 e. The Balaban J connectivity index is 1.85. The van der Waals surface area contributed by atoms with Crippen molar-refractivity contribution < 1.29 is 23.1 Å². The number of nitrogens with two attached hydrogens (primary N) is 1. The molecule has 3 rings (SSSR count). The Morgan fingerprint density at radius 3 is 2.19 bits per heavy atom. The van der Waals surface area contributed by atoms with E-state index in [1.165, 1.54) is 24.3 Å². The molecule has 0 heterocycles.